The number of ether oxygens (including phenoxy) is 3. The maximum atomic E-state index is 12.1. The normalized spacial score (nSPS) is 10.3. The molecule has 0 fully saturated rings. The lowest BCUT2D eigenvalue weighted by Gasteiger charge is -2.09. The van der Waals surface area contributed by atoms with E-state index in [0.717, 1.165) is 0 Å². The Morgan fingerprint density at radius 2 is 1.89 bits per heavy atom. The summed E-state index contributed by atoms with van der Waals surface area (Å²) >= 11 is 0. The van der Waals surface area contributed by atoms with Gasteiger partial charge in [0, 0.05) is 12.5 Å². The van der Waals surface area contributed by atoms with Crippen LogP contribution in [0.3, 0.4) is 0 Å². The van der Waals surface area contributed by atoms with Crippen molar-refractivity contribution in [1.82, 2.24) is 0 Å². The van der Waals surface area contributed by atoms with Gasteiger partial charge in [0.2, 0.25) is 0 Å². The molecule has 1 rings (SSSR count). The monoisotopic (exact) mass is 260 g/mol. The molecule has 0 saturated carbocycles. The Morgan fingerprint density at radius 1 is 1.22 bits per heavy atom. The molecular weight excluding hydrogens is 246 g/mol. The lowest BCUT2D eigenvalue weighted by Crippen LogP contribution is -2.04. The van der Waals surface area contributed by atoms with Gasteiger partial charge in [0.1, 0.15) is 11.5 Å². The molecule has 0 radical (unpaired) electrons. The van der Waals surface area contributed by atoms with Crippen molar-refractivity contribution in [3.8, 4) is 11.5 Å². The van der Waals surface area contributed by atoms with Gasteiger partial charge in [-0.05, 0) is 24.1 Å². The first-order chi connectivity index (χ1) is 8.55. The predicted molar refractivity (Wildman–Crippen MR) is 60.0 cm³/mol. The summed E-state index contributed by atoms with van der Waals surface area (Å²) in [6.07, 6.45) is 0.529. The van der Waals surface area contributed by atoms with E-state index in [2.05, 4.69) is 9.47 Å². The van der Waals surface area contributed by atoms with Crippen molar-refractivity contribution >= 4 is 5.97 Å². The second-order valence-corrected chi connectivity index (χ2v) is 3.47. The van der Waals surface area contributed by atoms with Gasteiger partial charge >= 0.3 is 12.6 Å². The quantitative estimate of drug-likeness (QED) is 0.737. The second kappa shape index (κ2) is 6.78. The van der Waals surface area contributed by atoms with Crippen molar-refractivity contribution in [2.24, 2.45) is 0 Å². The summed E-state index contributed by atoms with van der Waals surface area (Å²) in [5.41, 5.74) is 0.662. The van der Waals surface area contributed by atoms with E-state index in [4.69, 9.17) is 4.74 Å². The number of carbonyl (C=O) groups is 1. The zero-order valence-electron chi connectivity index (χ0n) is 10.1. The fraction of sp³-hybridized carbons (Fsp3) is 0.417. The SMILES string of the molecule is COC(=O)CCc1cc(OC)cc(OC(F)F)c1. The number of carbonyl (C=O) groups excluding carboxylic acids is 1. The molecule has 0 unspecified atom stereocenters. The molecule has 1 aromatic carbocycles. The van der Waals surface area contributed by atoms with Crippen LogP contribution in [0.2, 0.25) is 0 Å². The molecule has 0 aliphatic rings. The highest BCUT2D eigenvalue weighted by Gasteiger charge is 2.09. The second-order valence-electron chi connectivity index (χ2n) is 3.47. The number of hydrogen-bond donors (Lipinski definition) is 0. The van der Waals surface area contributed by atoms with Crippen molar-refractivity contribution in [3.05, 3.63) is 23.8 Å². The first kappa shape index (κ1) is 14.2. The number of rotatable bonds is 6. The Morgan fingerprint density at radius 3 is 2.44 bits per heavy atom. The molecule has 100 valence electrons. The van der Waals surface area contributed by atoms with E-state index in [1.807, 2.05) is 0 Å². The summed E-state index contributed by atoms with van der Waals surface area (Å²) in [5.74, 6) is 0.0337. The zero-order chi connectivity index (χ0) is 13.5. The molecule has 0 atom stereocenters. The van der Waals surface area contributed by atoms with E-state index in [0.29, 0.717) is 17.7 Å². The molecule has 0 spiro atoms. The largest absolute Gasteiger partial charge is 0.497 e. The molecule has 0 bridgehead atoms. The molecule has 0 aromatic heterocycles. The van der Waals surface area contributed by atoms with Gasteiger partial charge in [0.05, 0.1) is 14.2 Å². The average Bonchev–Trinajstić information content (AvgIpc) is 2.34. The van der Waals surface area contributed by atoms with E-state index in [1.54, 1.807) is 6.07 Å². The van der Waals surface area contributed by atoms with Gasteiger partial charge in [0.15, 0.2) is 0 Å². The van der Waals surface area contributed by atoms with E-state index >= 15 is 0 Å². The summed E-state index contributed by atoms with van der Waals surface area (Å²) in [6, 6.07) is 4.45. The standard InChI is InChI=1S/C12H14F2O4/c1-16-9-5-8(3-4-11(15)17-2)6-10(7-9)18-12(13)14/h5-7,12H,3-4H2,1-2H3. The molecule has 6 heteroatoms. The maximum absolute atomic E-state index is 12.1. The summed E-state index contributed by atoms with van der Waals surface area (Å²) in [5, 5.41) is 0. The number of alkyl halides is 2. The number of esters is 1. The van der Waals surface area contributed by atoms with Crippen LogP contribution in [0.5, 0.6) is 11.5 Å². The minimum absolute atomic E-state index is 0.00390. The average molecular weight is 260 g/mol. The highest BCUT2D eigenvalue weighted by Crippen LogP contribution is 2.25. The number of benzene rings is 1. The first-order valence-corrected chi connectivity index (χ1v) is 5.24. The lowest BCUT2D eigenvalue weighted by molar-refractivity contribution is -0.140. The topological polar surface area (TPSA) is 44.8 Å². The van der Waals surface area contributed by atoms with Crippen LogP contribution < -0.4 is 9.47 Å². The Kier molecular flexibility index (Phi) is 5.35. The van der Waals surface area contributed by atoms with Gasteiger partial charge in [-0.3, -0.25) is 4.79 Å². The van der Waals surface area contributed by atoms with Crippen LogP contribution in [0.25, 0.3) is 0 Å². The van der Waals surface area contributed by atoms with Gasteiger partial charge in [-0.2, -0.15) is 8.78 Å². The maximum Gasteiger partial charge on any atom is 0.387 e. The first-order valence-electron chi connectivity index (χ1n) is 5.24. The van der Waals surface area contributed by atoms with Crippen LogP contribution >= 0.6 is 0 Å². The predicted octanol–water partition coefficient (Wildman–Crippen LogP) is 2.40. The Labute approximate surface area is 103 Å². The van der Waals surface area contributed by atoms with Gasteiger partial charge < -0.3 is 14.2 Å². The Bertz CT molecular complexity index is 407. The molecule has 1 aromatic rings. The van der Waals surface area contributed by atoms with Gasteiger partial charge in [0.25, 0.3) is 0 Å². The van der Waals surface area contributed by atoms with Crippen LogP contribution in [-0.2, 0) is 16.0 Å². The summed E-state index contributed by atoms with van der Waals surface area (Å²) in [6.45, 7) is -2.90. The van der Waals surface area contributed by atoms with Crippen molar-refractivity contribution in [3.63, 3.8) is 0 Å². The minimum atomic E-state index is -2.90. The van der Waals surface area contributed by atoms with Crippen molar-refractivity contribution in [2.75, 3.05) is 14.2 Å². The minimum Gasteiger partial charge on any atom is -0.497 e. The van der Waals surface area contributed by atoms with Crippen molar-refractivity contribution < 1.29 is 27.8 Å². The summed E-state index contributed by atoms with van der Waals surface area (Å²) in [4.78, 5) is 11.0. The zero-order valence-corrected chi connectivity index (χ0v) is 10.1. The number of hydrogen-bond acceptors (Lipinski definition) is 4. The number of methoxy groups -OCH3 is 2. The fourth-order valence-electron chi connectivity index (χ4n) is 1.41. The van der Waals surface area contributed by atoms with Crippen LogP contribution in [-0.4, -0.2) is 26.8 Å². The van der Waals surface area contributed by atoms with Crippen molar-refractivity contribution in [2.45, 2.75) is 19.5 Å². The molecular formula is C12H14F2O4. The summed E-state index contributed by atoms with van der Waals surface area (Å²) in [7, 11) is 2.71. The van der Waals surface area contributed by atoms with E-state index < -0.39 is 6.61 Å². The smallest absolute Gasteiger partial charge is 0.387 e. The fourth-order valence-corrected chi connectivity index (χ4v) is 1.41. The molecule has 0 heterocycles. The third kappa shape index (κ3) is 4.57. The van der Waals surface area contributed by atoms with Crippen LogP contribution in [0.15, 0.2) is 18.2 Å². The third-order valence-electron chi connectivity index (χ3n) is 2.25. The molecule has 0 N–H and O–H groups in total. The number of halogens is 2. The van der Waals surface area contributed by atoms with Crippen LogP contribution in [0.4, 0.5) is 8.78 Å². The molecule has 0 aliphatic heterocycles. The molecule has 18 heavy (non-hydrogen) atoms. The Hall–Kier alpha value is -1.85. The van der Waals surface area contributed by atoms with E-state index in [-0.39, 0.29) is 18.1 Å². The van der Waals surface area contributed by atoms with Gasteiger partial charge in [-0.1, -0.05) is 0 Å². The number of aryl methyl sites for hydroxylation is 1. The van der Waals surface area contributed by atoms with Crippen molar-refractivity contribution in [1.29, 1.82) is 0 Å². The third-order valence-corrected chi connectivity index (χ3v) is 2.25. The van der Waals surface area contributed by atoms with E-state index in [1.165, 1.54) is 26.4 Å². The van der Waals surface area contributed by atoms with Crippen LogP contribution in [0, 0.1) is 0 Å². The van der Waals surface area contributed by atoms with Gasteiger partial charge in [-0.15, -0.1) is 0 Å². The van der Waals surface area contributed by atoms with E-state index in [9.17, 15) is 13.6 Å². The highest BCUT2D eigenvalue weighted by atomic mass is 19.3. The molecule has 0 aliphatic carbocycles. The lowest BCUT2D eigenvalue weighted by atomic mass is 10.1. The molecule has 0 saturated heterocycles. The highest BCUT2D eigenvalue weighted by molar-refractivity contribution is 5.69. The molecule has 0 amide bonds. The summed E-state index contributed by atoms with van der Waals surface area (Å²) < 4.78 is 38.0. The molecule has 4 nitrogen and oxygen atoms in total. The van der Waals surface area contributed by atoms with Crippen LogP contribution in [0.1, 0.15) is 12.0 Å². The van der Waals surface area contributed by atoms with Gasteiger partial charge in [-0.25, -0.2) is 0 Å². The Balaban J connectivity index is 2.79.